The Hall–Kier alpha value is -1.52. The highest BCUT2D eigenvalue weighted by molar-refractivity contribution is 7.10. The molecule has 3 nitrogen and oxygen atoms in total. The maximum atomic E-state index is 6.33. The fourth-order valence-electron chi connectivity index (χ4n) is 2.24. The van der Waals surface area contributed by atoms with Gasteiger partial charge in [0.05, 0.1) is 19.8 Å². The molecule has 0 fully saturated rings. The van der Waals surface area contributed by atoms with Gasteiger partial charge in [-0.15, -0.1) is 11.3 Å². The summed E-state index contributed by atoms with van der Waals surface area (Å²) in [6.07, 6.45) is 0.976. The highest BCUT2D eigenvalue weighted by atomic mass is 32.1. The van der Waals surface area contributed by atoms with E-state index in [2.05, 4.69) is 6.07 Å². The summed E-state index contributed by atoms with van der Waals surface area (Å²) in [6, 6.07) is 8.04. The third-order valence-electron chi connectivity index (χ3n) is 3.22. The van der Waals surface area contributed by atoms with Crippen molar-refractivity contribution in [1.29, 1.82) is 0 Å². The standard InChI is InChI=1S/C14H15NO2S/c1-16-10-7-12(18-8-10)13(15)11-4-2-3-9-5-6-17-14(9)11/h2-4,7-8,13H,5-6,15H2,1H3. The molecule has 4 heteroatoms. The van der Waals surface area contributed by atoms with Gasteiger partial charge in [-0.2, -0.15) is 0 Å². The SMILES string of the molecule is COc1csc(C(N)c2cccc3c2OCC3)c1. The minimum Gasteiger partial charge on any atom is -0.496 e. The number of para-hydroxylation sites is 1. The fraction of sp³-hybridized carbons (Fsp3) is 0.286. The first-order chi connectivity index (χ1) is 8.79. The lowest BCUT2D eigenvalue weighted by atomic mass is 10.0. The molecule has 1 aliphatic rings. The van der Waals surface area contributed by atoms with Crippen molar-refractivity contribution in [3.63, 3.8) is 0 Å². The van der Waals surface area contributed by atoms with Gasteiger partial charge >= 0.3 is 0 Å². The first-order valence-electron chi connectivity index (χ1n) is 5.92. The van der Waals surface area contributed by atoms with Crippen molar-refractivity contribution in [1.82, 2.24) is 0 Å². The Morgan fingerprint density at radius 2 is 2.33 bits per heavy atom. The van der Waals surface area contributed by atoms with Gasteiger partial charge in [0.2, 0.25) is 0 Å². The highest BCUT2D eigenvalue weighted by Gasteiger charge is 2.21. The van der Waals surface area contributed by atoms with Crippen LogP contribution >= 0.6 is 11.3 Å². The Kier molecular flexibility index (Phi) is 2.97. The molecule has 2 heterocycles. The van der Waals surface area contributed by atoms with E-state index in [4.69, 9.17) is 15.2 Å². The van der Waals surface area contributed by atoms with Crippen molar-refractivity contribution in [2.75, 3.05) is 13.7 Å². The molecule has 1 aromatic carbocycles. The minimum atomic E-state index is -0.146. The molecule has 0 bridgehead atoms. The summed E-state index contributed by atoms with van der Waals surface area (Å²) in [5, 5.41) is 1.97. The number of fused-ring (bicyclic) bond motifs is 1. The van der Waals surface area contributed by atoms with E-state index in [1.165, 1.54) is 5.56 Å². The molecule has 0 saturated heterocycles. The lowest BCUT2D eigenvalue weighted by Gasteiger charge is -2.13. The van der Waals surface area contributed by atoms with Crippen LogP contribution in [0.15, 0.2) is 29.6 Å². The Bertz CT molecular complexity index is 565. The van der Waals surface area contributed by atoms with Crippen LogP contribution in [-0.4, -0.2) is 13.7 Å². The Labute approximate surface area is 110 Å². The molecule has 0 radical (unpaired) electrons. The zero-order valence-electron chi connectivity index (χ0n) is 10.2. The van der Waals surface area contributed by atoms with Crippen LogP contribution < -0.4 is 15.2 Å². The lowest BCUT2D eigenvalue weighted by molar-refractivity contribution is 0.352. The molecule has 0 aliphatic carbocycles. The number of nitrogens with two attached hydrogens (primary N) is 1. The normalized spacial score (nSPS) is 15.0. The highest BCUT2D eigenvalue weighted by Crippen LogP contribution is 2.37. The Morgan fingerprint density at radius 3 is 3.11 bits per heavy atom. The molecular weight excluding hydrogens is 246 g/mol. The number of thiophene rings is 1. The fourth-order valence-corrected chi connectivity index (χ4v) is 3.12. The first kappa shape index (κ1) is 11.6. The smallest absolute Gasteiger partial charge is 0.129 e. The number of methoxy groups -OCH3 is 1. The first-order valence-corrected chi connectivity index (χ1v) is 6.80. The average molecular weight is 261 g/mol. The lowest BCUT2D eigenvalue weighted by Crippen LogP contribution is -2.11. The molecule has 0 amide bonds. The maximum Gasteiger partial charge on any atom is 0.129 e. The number of ether oxygens (including phenoxy) is 2. The van der Waals surface area contributed by atoms with Gasteiger partial charge in [0.1, 0.15) is 11.5 Å². The molecule has 0 saturated carbocycles. The van der Waals surface area contributed by atoms with Gasteiger partial charge in [0.15, 0.2) is 0 Å². The van der Waals surface area contributed by atoms with Gasteiger partial charge in [-0.25, -0.2) is 0 Å². The van der Waals surface area contributed by atoms with Crippen LogP contribution in [0.5, 0.6) is 11.5 Å². The predicted molar refractivity (Wildman–Crippen MR) is 72.5 cm³/mol. The largest absolute Gasteiger partial charge is 0.496 e. The summed E-state index contributed by atoms with van der Waals surface area (Å²) in [4.78, 5) is 1.09. The zero-order chi connectivity index (χ0) is 12.5. The van der Waals surface area contributed by atoms with E-state index in [0.717, 1.165) is 35.0 Å². The molecule has 1 atom stereocenters. The molecule has 2 N–H and O–H groups in total. The van der Waals surface area contributed by atoms with Gasteiger partial charge < -0.3 is 15.2 Å². The van der Waals surface area contributed by atoms with Crippen molar-refractivity contribution in [2.45, 2.75) is 12.5 Å². The van der Waals surface area contributed by atoms with E-state index in [-0.39, 0.29) is 6.04 Å². The van der Waals surface area contributed by atoms with Crippen molar-refractivity contribution in [3.8, 4) is 11.5 Å². The number of benzene rings is 1. The monoisotopic (exact) mass is 261 g/mol. The van der Waals surface area contributed by atoms with Crippen LogP contribution in [0.2, 0.25) is 0 Å². The molecule has 3 rings (SSSR count). The summed E-state index contributed by atoms with van der Waals surface area (Å²) in [7, 11) is 1.67. The van der Waals surface area contributed by atoms with Crippen LogP contribution in [0.25, 0.3) is 0 Å². The number of rotatable bonds is 3. The van der Waals surface area contributed by atoms with E-state index < -0.39 is 0 Å². The van der Waals surface area contributed by atoms with E-state index in [1.807, 2.05) is 23.6 Å². The molecule has 1 aromatic heterocycles. The molecule has 2 aromatic rings. The Morgan fingerprint density at radius 1 is 1.44 bits per heavy atom. The molecule has 1 unspecified atom stereocenters. The summed E-state index contributed by atoms with van der Waals surface area (Å²) in [6.45, 7) is 0.757. The van der Waals surface area contributed by atoms with Gasteiger partial charge in [0, 0.05) is 22.2 Å². The maximum absolute atomic E-state index is 6.33. The van der Waals surface area contributed by atoms with E-state index >= 15 is 0 Å². The summed E-state index contributed by atoms with van der Waals surface area (Å²) in [5.74, 6) is 1.83. The minimum absolute atomic E-state index is 0.146. The van der Waals surface area contributed by atoms with E-state index in [9.17, 15) is 0 Å². The number of hydrogen-bond acceptors (Lipinski definition) is 4. The van der Waals surface area contributed by atoms with Crippen molar-refractivity contribution < 1.29 is 9.47 Å². The van der Waals surface area contributed by atoms with Crippen LogP contribution in [0.4, 0.5) is 0 Å². The summed E-state index contributed by atoms with van der Waals surface area (Å²) in [5.41, 5.74) is 8.65. The topological polar surface area (TPSA) is 44.5 Å². The van der Waals surface area contributed by atoms with Crippen molar-refractivity contribution >= 4 is 11.3 Å². The average Bonchev–Trinajstić information content (AvgIpc) is 3.05. The second-order valence-corrected chi connectivity index (χ2v) is 5.24. The summed E-state index contributed by atoms with van der Waals surface area (Å²) < 4.78 is 10.9. The van der Waals surface area contributed by atoms with Gasteiger partial charge in [-0.3, -0.25) is 0 Å². The second-order valence-electron chi connectivity index (χ2n) is 4.30. The quantitative estimate of drug-likeness (QED) is 0.924. The Balaban J connectivity index is 1.97. The molecule has 1 aliphatic heterocycles. The zero-order valence-corrected chi connectivity index (χ0v) is 11.0. The molecule has 0 spiro atoms. The summed E-state index contributed by atoms with van der Waals surface area (Å²) >= 11 is 1.62. The number of hydrogen-bond donors (Lipinski definition) is 1. The third kappa shape index (κ3) is 1.87. The van der Waals surface area contributed by atoms with Crippen molar-refractivity contribution in [2.24, 2.45) is 5.73 Å². The van der Waals surface area contributed by atoms with Crippen LogP contribution in [-0.2, 0) is 6.42 Å². The van der Waals surface area contributed by atoms with E-state index in [0.29, 0.717) is 0 Å². The predicted octanol–water partition coefficient (Wildman–Crippen LogP) is 2.74. The third-order valence-corrected chi connectivity index (χ3v) is 4.21. The molecular formula is C14H15NO2S. The molecule has 18 heavy (non-hydrogen) atoms. The van der Waals surface area contributed by atoms with Crippen LogP contribution in [0.1, 0.15) is 22.0 Å². The van der Waals surface area contributed by atoms with E-state index in [1.54, 1.807) is 18.4 Å². The van der Waals surface area contributed by atoms with Crippen LogP contribution in [0, 0.1) is 0 Å². The van der Waals surface area contributed by atoms with Gasteiger partial charge in [0.25, 0.3) is 0 Å². The van der Waals surface area contributed by atoms with Crippen LogP contribution in [0.3, 0.4) is 0 Å². The molecule has 94 valence electrons. The van der Waals surface area contributed by atoms with Gasteiger partial charge in [-0.1, -0.05) is 18.2 Å². The van der Waals surface area contributed by atoms with Crippen molar-refractivity contribution in [3.05, 3.63) is 45.6 Å². The second kappa shape index (κ2) is 4.63. The van der Waals surface area contributed by atoms with Gasteiger partial charge in [-0.05, 0) is 11.6 Å².